The molecule has 0 amide bonds. The van der Waals surface area contributed by atoms with Gasteiger partial charge in [-0.05, 0) is 17.2 Å². The van der Waals surface area contributed by atoms with Crippen LogP contribution in [-0.2, 0) is 17.5 Å². The predicted octanol–water partition coefficient (Wildman–Crippen LogP) is 3.70. The summed E-state index contributed by atoms with van der Waals surface area (Å²) < 4.78 is 44.3. The molecule has 130 valence electrons. The monoisotopic (exact) mass is 348 g/mol. The Kier molecular flexibility index (Phi) is 3.84. The summed E-state index contributed by atoms with van der Waals surface area (Å²) in [6, 6.07) is 9.04. The van der Waals surface area contributed by atoms with Crippen LogP contribution in [0.25, 0.3) is 11.0 Å². The molecule has 3 heterocycles. The third-order valence-electron chi connectivity index (χ3n) is 4.32. The van der Waals surface area contributed by atoms with E-state index in [4.69, 9.17) is 4.74 Å². The van der Waals surface area contributed by atoms with Gasteiger partial charge in [0.2, 0.25) is 0 Å². The van der Waals surface area contributed by atoms with Crippen LogP contribution < -0.4 is 5.32 Å². The minimum atomic E-state index is -4.45. The molecule has 0 aliphatic carbocycles. The van der Waals surface area contributed by atoms with E-state index < -0.39 is 11.9 Å². The van der Waals surface area contributed by atoms with E-state index in [1.54, 1.807) is 0 Å². The second kappa shape index (κ2) is 6.03. The molecule has 8 heteroatoms. The molecule has 0 fully saturated rings. The van der Waals surface area contributed by atoms with E-state index in [1.807, 2.05) is 18.2 Å². The fraction of sp³-hybridized carbons (Fsp3) is 0.294. The van der Waals surface area contributed by atoms with E-state index in [2.05, 4.69) is 26.3 Å². The van der Waals surface area contributed by atoms with Gasteiger partial charge in [0.15, 0.2) is 0 Å². The number of aromatic nitrogens is 3. The number of halogens is 3. The Labute approximate surface area is 141 Å². The van der Waals surface area contributed by atoms with E-state index in [1.165, 1.54) is 11.9 Å². The third-order valence-corrected chi connectivity index (χ3v) is 4.32. The van der Waals surface area contributed by atoms with Crippen molar-refractivity contribution >= 4 is 16.9 Å². The highest BCUT2D eigenvalue weighted by atomic mass is 19.4. The first kappa shape index (κ1) is 15.9. The van der Waals surface area contributed by atoms with E-state index in [-0.39, 0.29) is 11.6 Å². The van der Waals surface area contributed by atoms with Crippen LogP contribution in [0.2, 0.25) is 0 Å². The lowest BCUT2D eigenvalue weighted by Gasteiger charge is -2.26. The van der Waals surface area contributed by atoms with Crippen LogP contribution >= 0.6 is 0 Å². The fourth-order valence-corrected chi connectivity index (χ4v) is 3.09. The summed E-state index contributed by atoms with van der Waals surface area (Å²) in [5.41, 5.74) is 1.65. The SMILES string of the molecule is FC(F)(F)c1cc2c(NCC3COCc4ccccc43)ncnc2[nH]1. The predicted molar refractivity (Wildman–Crippen MR) is 86.2 cm³/mol. The Hall–Kier alpha value is -2.61. The van der Waals surface area contributed by atoms with Crippen molar-refractivity contribution in [1.82, 2.24) is 15.0 Å². The van der Waals surface area contributed by atoms with E-state index in [0.29, 0.717) is 31.0 Å². The normalized spacial score (nSPS) is 17.5. The largest absolute Gasteiger partial charge is 0.431 e. The zero-order chi connectivity index (χ0) is 17.4. The van der Waals surface area contributed by atoms with Crippen molar-refractivity contribution in [2.75, 3.05) is 18.5 Å². The van der Waals surface area contributed by atoms with Crippen LogP contribution in [-0.4, -0.2) is 28.1 Å². The molecule has 0 radical (unpaired) electrons. The molecular formula is C17H15F3N4O. The van der Waals surface area contributed by atoms with E-state index in [9.17, 15) is 13.2 Å². The average molecular weight is 348 g/mol. The molecule has 0 bridgehead atoms. The molecule has 1 aromatic carbocycles. The minimum Gasteiger partial charge on any atom is -0.376 e. The number of nitrogens with zero attached hydrogens (tertiary/aromatic N) is 2. The van der Waals surface area contributed by atoms with Crippen LogP contribution in [0.15, 0.2) is 36.7 Å². The first-order valence-electron chi connectivity index (χ1n) is 7.82. The van der Waals surface area contributed by atoms with Crippen molar-refractivity contribution in [2.45, 2.75) is 18.7 Å². The van der Waals surface area contributed by atoms with Gasteiger partial charge in [0, 0.05) is 12.5 Å². The molecule has 0 saturated heterocycles. The van der Waals surface area contributed by atoms with Gasteiger partial charge in [-0.2, -0.15) is 13.2 Å². The third kappa shape index (κ3) is 3.05. The maximum Gasteiger partial charge on any atom is 0.431 e. The van der Waals surface area contributed by atoms with E-state index in [0.717, 1.165) is 11.6 Å². The second-order valence-electron chi connectivity index (χ2n) is 5.96. The summed E-state index contributed by atoms with van der Waals surface area (Å²) in [7, 11) is 0. The van der Waals surface area contributed by atoms with Crippen molar-refractivity contribution in [3.8, 4) is 0 Å². The standard InChI is InChI=1S/C17H15F3N4O/c18-17(19,20)14-5-13-15(22-9-23-16(13)24-14)21-6-11-8-25-7-10-3-1-2-4-12(10)11/h1-5,9,11H,6-8H2,(H2,21,22,23,24). The smallest absolute Gasteiger partial charge is 0.376 e. The lowest BCUT2D eigenvalue weighted by atomic mass is 9.93. The van der Waals surface area contributed by atoms with Gasteiger partial charge in [-0.1, -0.05) is 24.3 Å². The number of hydrogen-bond acceptors (Lipinski definition) is 4. The highest BCUT2D eigenvalue weighted by Gasteiger charge is 2.33. The van der Waals surface area contributed by atoms with Crippen molar-refractivity contribution in [3.05, 3.63) is 53.5 Å². The lowest BCUT2D eigenvalue weighted by molar-refractivity contribution is -0.140. The number of fused-ring (bicyclic) bond motifs is 2. The number of nitrogens with one attached hydrogen (secondary N) is 2. The quantitative estimate of drug-likeness (QED) is 0.758. The molecule has 1 unspecified atom stereocenters. The molecule has 4 rings (SSSR count). The number of anilines is 1. The highest BCUT2D eigenvalue weighted by molar-refractivity contribution is 5.87. The van der Waals surface area contributed by atoms with Gasteiger partial charge in [-0.25, -0.2) is 9.97 Å². The second-order valence-corrected chi connectivity index (χ2v) is 5.96. The molecule has 0 saturated carbocycles. The number of ether oxygens (including phenoxy) is 1. The number of aromatic amines is 1. The topological polar surface area (TPSA) is 62.8 Å². The Morgan fingerprint density at radius 1 is 1.24 bits per heavy atom. The van der Waals surface area contributed by atoms with Crippen molar-refractivity contribution in [3.63, 3.8) is 0 Å². The Balaban J connectivity index is 1.59. The number of rotatable bonds is 3. The van der Waals surface area contributed by atoms with Gasteiger partial charge in [0.1, 0.15) is 23.5 Å². The first-order chi connectivity index (χ1) is 12.0. The maximum absolute atomic E-state index is 12.9. The van der Waals surface area contributed by atoms with Gasteiger partial charge >= 0.3 is 6.18 Å². The molecule has 1 aliphatic rings. The number of hydrogen-bond donors (Lipinski definition) is 2. The van der Waals surface area contributed by atoms with Crippen molar-refractivity contribution in [1.29, 1.82) is 0 Å². The summed E-state index contributed by atoms with van der Waals surface area (Å²) in [4.78, 5) is 10.3. The maximum atomic E-state index is 12.9. The minimum absolute atomic E-state index is 0.107. The summed E-state index contributed by atoms with van der Waals surface area (Å²) >= 11 is 0. The molecule has 0 spiro atoms. The molecule has 5 nitrogen and oxygen atoms in total. The Morgan fingerprint density at radius 3 is 2.92 bits per heavy atom. The van der Waals surface area contributed by atoms with Gasteiger partial charge in [0.25, 0.3) is 0 Å². The van der Waals surface area contributed by atoms with Crippen LogP contribution in [0.1, 0.15) is 22.7 Å². The number of alkyl halides is 3. The van der Waals surface area contributed by atoms with E-state index >= 15 is 0 Å². The number of H-pyrrole nitrogens is 1. The fourth-order valence-electron chi connectivity index (χ4n) is 3.09. The molecule has 3 aromatic rings. The zero-order valence-corrected chi connectivity index (χ0v) is 13.1. The van der Waals surface area contributed by atoms with Crippen LogP contribution in [0.5, 0.6) is 0 Å². The Bertz CT molecular complexity index is 906. The summed E-state index contributed by atoms with van der Waals surface area (Å²) in [5.74, 6) is 0.482. The zero-order valence-electron chi connectivity index (χ0n) is 13.1. The average Bonchev–Trinajstić information content (AvgIpc) is 3.05. The molecule has 1 aliphatic heterocycles. The van der Waals surface area contributed by atoms with Crippen LogP contribution in [0.4, 0.5) is 19.0 Å². The highest BCUT2D eigenvalue weighted by Crippen LogP contribution is 2.33. The molecular weight excluding hydrogens is 333 g/mol. The van der Waals surface area contributed by atoms with Gasteiger partial charge in [-0.15, -0.1) is 0 Å². The van der Waals surface area contributed by atoms with Crippen molar-refractivity contribution < 1.29 is 17.9 Å². The first-order valence-corrected chi connectivity index (χ1v) is 7.82. The van der Waals surface area contributed by atoms with Crippen LogP contribution in [0, 0.1) is 0 Å². The lowest BCUT2D eigenvalue weighted by Crippen LogP contribution is -2.23. The number of benzene rings is 1. The van der Waals surface area contributed by atoms with Crippen molar-refractivity contribution in [2.24, 2.45) is 0 Å². The molecule has 2 N–H and O–H groups in total. The molecule has 2 aromatic heterocycles. The van der Waals surface area contributed by atoms with Gasteiger partial charge in [0.05, 0.1) is 18.6 Å². The Morgan fingerprint density at radius 2 is 2.08 bits per heavy atom. The summed E-state index contributed by atoms with van der Waals surface area (Å²) in [5, 5.41) is 3.46. The van der Waals surface area contributed by atoms with Crippen LogP contribution in [0.3, 0.4) is 0 Å². The van der Waals surface area contributed by atoms with Gasteiger partial charge in [-0.3, -0.25) is 0 Å². The summed E-state index contributed by atoms with van der Waals surface area (Å²) in [6.45, 7) is 1.64. The molecule has 25 heavy (non-hydrogen) atoms. The molecule has 1 atom stereocenters. The summed E-state index contributed by atoms with van der Waals surface area (Å²) in [6.07, 6.45) is -3.21. The van der Waals surface area contributed by atoms with Gasteiger partial charge < -0.3 is 15.0 Å².